The Labute approximate surface area is 434 Å². The quantitative estimate of drug-likeness (QED) is 0.163. The van der Waals surface area contributed by atoms with Crippen LogP contribution in [-0.4, -0.2) is 14.2 Å². The molecule has 1 nitrogen and oxygen atoms in total. The topological polar surface area (TPSA) is 9.23 Å². The van der Waals surface area contributed by atoms with Crippen LogP contribution in [0.1, 0.15) is 48.1 Å². The second kappa shape index (κ2) is 23.3. The fraction of sp³-hybridized carbons (Fsp3) is 0.130. The summed E-state index contributed by atoms with van der Waals surface area (Å²) in [7, 11) is 3.25. The summed E-state index contributed by atoms with van der Waals surface area (Å²) in [6, 6.07) is 82.1. The number of rotatable bonds is 3. The van der Waals surface area contributed by atoms with Gasteiger partial charge < -0.3 is 4.74 Å². The summed E-state index contributed by atoms with van der Waals surface area (Å²) in [5.74, 6) is 0. The molecule has 0 fully saturated rings. The predicted molar refractivity (Wildman–Crippen MR) is 318 cm³/mol. The molecule has 2 heterocycles. The van der Waals surface area contributed by atoms with Gasteiger partial charge in [-0.15, -0.1) is 11.3 Å². The van der Waals surface area contributed by atoms with Crippen molar-refractivity contribution in [3.05, 3.63) is 252 Å². The van der Waals surface area contributed by atoms with Crippen molar-refractivity contribution in [1.29, 1.82) is 0 Å². The molecule has 1 aromatic heterocycles. The van der Waals surface area contributed by atoms with Crippen LogP contribution in [0.5, 0.6) is 0 Å². The number of methoxy groups -OCH3 is 1. The van der Waals surface area contributed by atoms with E-state index in [2.05, 4.69) is 227 Å². The van der Waals surface area contributed by atoms with Crippen LogP contribution >= 0.6 is 23.1 Å². The van der Waals surface area contributed by atoms with E-state index < -0.39 is 0 Å². The first-order valence-corrected chi connectivity index (χ1v) is 26.6. The second-order valence-electron chi connectivity index (χ2n) is 18.6. The van der Waals surface area contributed by atoms with Gasteiger partial charge >= 0.3 is 0 Å². The fourth-order valence-electron chi connectivity index (χ4n) is 9.43. The van der Waals surface area contributed by atoms with Crippen molar-refractivity contribution in [1.82, 2.24) is 0 Å². The lowest BCUT2D eigenvalue weighted by Crippen LogP contribution is -2.00. The third-order valence-electron chi connectivity index (χ3n) is 12.8. The Bertz CT molecular complexity index is 3700. The molecule has 1 aliphatic rings. The number of thiophene rings is 1. The van der Waals surface area contributed by atoms with Gasteiger partial charge in [0.15, 0.2) is 0 Å². The van der Waals surface area contributed by atoms with E-state index in [9.17, 15) is 0 Å². The summed E-state index contributed by atoms with van der Waals surface area (Å²) in [5.41, 5.74) is 14.4. The molecule has 3 heteroatoms. The SMILES string of the molecule is CCC.COC.Cc1cccc(-c2ccc3sc4ccc(-c5ccc6c(c5)Cc5cc(-c7ccc8c9ccccc9c9ccccc9c8c7)ccc5S6)cc4c3c2)c1.Cc1ccccc1.Cc1ccccc1. The molecule has 11 aromatic carbocycles. The zero-order valence-corrected chi connectivity index (χ0v) is 44.1. The van der Waals surface area contributed by atoms with E-state index >= 15 is 0 Å². The van der Waals surface area contributed by atoms with Crippen LogP contribution in [0.3, 0.4) is 0 Å². The van der Waals surface area contributed by atoms with Gasteiger partial charge in [-0.1, -0.05) is 219 Å². The molecular weight excluding hydrogens is 909 g/mol. The van der Waals surface area contributed by atoms with E-state index in [4.69, 9.17) is 0 Å². The molecule has 12 aromatic rings. The average molecular weight is 971 g/mol. The van der Waals surface area contributed by atoms with Crippen LogP contribution in [0.15, 0.2) is 234 Å². The molecule has 356 valence electrons. The third-order valence-corrected chi connectivity index (χ3v) is 15.2. The van der Waals surface area contributed by atoms with Gasteiger partial charge in [-0.2, -0.15) is 0 Å². The monoisotopic (exact) mass is 970 g/mol. The molecule has 72 heavy (non-hydrogen) atoms. The molecule has 0 saturated carbocycles. The van der Waals surface area contributed by atoms with Gasteiger partial charge in [-0.3, -0.25) is 0 Å². The summed E-state index contributed by atoms with van der Waals surface area (Å²) < 4.78 is 6.93. The Balaban J connectivity index is 0.000000270. The van der Waals surface area contributed by atoms with Crippen LogP contribution in [-0.2, 0) is 11.2 Å². The molecule has 0 amide bonds. The first-order chi connectivity index (χ1) is 35.2. The van der Waals surface area contributed by atoms with Crippen LogP contribution in [0.4, 0.5) is 0 Å². The number of fused-ring (bicyclic) bond motifs is 11. The molecule has 0 bridgehead atoms. The van der Waals surface area contributed by atoms with Crippen LogP contribution in [0, 0.1) is 20.8 Å². The maximum absolute atomic E-state index is 4.25. The third kappa shape index (κ3) is 11.3. The summed E-state index contributed by atoms with van der Waals surface area (Å²) in [6.07, 6.45) is 2.18. The Kier molecular flexibility index (Phi) is 16.1. The fourth-order valence-corrected chi connectivity index (χ4v) is 11.5. The Morgan fingerprint density at radius 2 is 0.681 bits per heavy atom. The zero-order valence-electron chi connectivity index (χ0n) is 42.5. The predicted octanol–water partition coefficient (Wildman–Crippen LogP) is 20.5. The van der Waals surface area contributed by atoms with E-state index in [1.807, 2.05) is 59.5 Å². The van der Waals surface area contributed by atoms with E-state index in [0.717, 1.165) is 6.42 Å². The highest BCUT2D eigenvalue weighted by atomic mass is 32.2. The summed E-state index contributed by atoms with van der Waals surface area (Å²) >= 11 is 3.79. The maximum Gasteiger partial charge on any atom is 0.0355 e. The molecule has 0 spiro atoms. The van der Waals surface area contributed by atoms with Crippen molar-refractivity contribution in [2.24, 2.45) is 0 Å². The highest BCUT2D eigenvalue weighted by Crippen LogP contribution is 2.44. The molecule has 0 atom stereocenters. The Morgan fingerprint density at radius 1 is 0.333 bits per heavy atom. The van der Waals surface area contributed by atoms with Crippen LogP contribution in [0.2, 0.25) is 0 Å². The van der Waals surface area contributed by atoms with Crippen molar-refractivity contribution in [2.45, 2.75) is 57.3 Å². The van der Waals surface area contributed by atoms with E-state index in [1.54, 1.807) is 14.2 Å². The zero-order chi connectivity index (χ0) is 50.0. The standard InChI is InChI=1S/C50H32S2.2C7H8.C3H8.C2H6O/c1-30-7-6-8-31(23-30)35-16-21-49-45(28-35)46-29-36(17-22-50(46)52-49)33-15-20-48-38(25-33)26-37-24-32(14-19-47(37)51-48)34-13-18-43-41-11-3-2-9-39(41)40-10-4-5-12-42(40)44(43)27-34;2*1-7-5-3-2-4-6-7;2*1-3-2/h2-25,27-29H,26H2,1H3;2*2-6H,1H3;3H2,1-2H3;1-2H3. The van der Waals surface area contributed by atoms with Crippen molar-refractivity contribution >= 4 is 75.6 Å². The number of ether oxygens (including phenoxy) is 1. The molecule has 0 radical (unpaired) electrons. The van der Waals surface area contributed by atoms with Gasteiger partial charge in [-0.25, -0.2) is 0 Å². The number of aryl methyl sites for hydroxylation is 3. The molecule has 1 aliphatic heterocycles. The largest absolute Gasteiger partial charge is 0.388 e. The minimum atomic E-state index is 0.934. The smallest absolute Gasteiger partial charge is 0.0355 e. The Hall–Kier alpha value is -7.27. The Morgan fingerprint density at radius 3 is 1.11 bits per heavy atom. The summed E-state index contributed by atoms with van der Waals surface area (Å²) in [4.78, 5) is 2.72. The molecular formula is C69H62OS2. The number of hydrogen-bond donors (Lipinski definition) is 0. The molecule has 13 rings (SSSR count). The molecule has 0 unspecified atom stereocenters. The van der Waals surface area contributed by atoms with Gasteiger partial charge in [0, 0.05) is 44.2 Å². The maximum atomic E-state index is 4.25. The summed E-state index contributed by atoms with van der Waals surface area (Å²) in [6.45, 7) is 10.6. The van der Waals surface area contributed by atoms with Gasteiger partial charge in [0.05, 0.1) is 0 Å². The highest BCUT2D eigenvalue weighted by molar-refractivity contribution is 7.99. The first kappa shape index (κ1) is 49.7. The number of benzene rings is 11. The lowest BCUT2D eigenvalue weighted by Gasteiger charge is -2.21. The van der Waals surface area contributed by atoms with Crippen molar-refractivity contribution in [2.75, 3.05) is 14.2 Å². The molecule has 0 aliphatic carbocycles. The van der Waals surface area contributed by atoms with Crippen molar-refractivity contribution in [3.63, 3.8) is 0 Å². The van der Waals surface area contributed by atoms with Gasteiger partial charge in [0.1, 0.15) is 0 Å². The van der Waals surface area contributed by atoms with Crippen molar-refractivity contribution < 1.29 is 4.74 Å². The normalized spacial score (nSPS) is 11.3. The minimum absolute atomic E-state index is 0.934. The average Bonchev–Trinajstić information content (AvgIpc) is 3.78. The van der Waals surface area contributed by atoms with Gasteiger partial charge in [0.25, 0.3) is 0 Å². The van der Waals surface area contributed by atoms with E-state index in [0.29, 0.717) is 0 Å². The highest BCUT2D eigenvalue weighted by Gasteiger charge is 2.19. The van der Waals surface area contributed by atoms with Crippen LogP contribution < -0.4 is 0 Å². The first-order valence-electron chi connectivity index (χ1n) is 25.0. The van der Waals surface area contributed by atoms with E-state index in [-0.39, 0.29) is 0 Å². The molecule has 0 saturated heterocycles. The lowest BCUT2D eigenvalue weighted by molar-refractivity contribution is 0.277. The molecule has 0 N–H and O–H groups in total. The van der Waals surface area contributed by atoms with Gasteiger partial charge in [0.2, 0.25) is 0 Å². The summed E-state index contributed by atoms with van der Waals surface area (Å²) in [5, 5.41) is 10.6. The number of hydrogen-bond acceptors (Lipinski definition) is 3. The van der Waals surface area contributed by atoms with Gasteiger partial charge in [-0.05, 0) is 159 Å². The van der Waals surface area contributed by atoms with Crippen molar-refractivity contribution in [3.8, 4) is 33.4 Å². The minimum Gasteiger partial charge on any atom is -0.388 e. The van der Waals surface area contributed by atoms with Crippen LogP contribution in [0.25, 0.3) is 85.9 Å². The lowest BCUT2D eigenvalue weighted by atomic mass is 9.91. The second-order valence-corrected chi connectivity index (χ2v) is 20.8. The van der Waals surface area contributed by atoms with E-state index in [1.165, 1.54) is 130 Å².